The van der Waals surface area contributed by atoms with E-state index in [1.807, 2.05) is 60.7 Å². The first-order chi connectivity index (χ1) is 9.16. The van der Waals surface area contributed by atoms with Gasteiger partial charge in [0.1, 0.15) is 0 Å². The van der Waals surface area contributed by atoms with Crippen LogP contribution in [0.4, 0.5) is 0 Å². The monoisotopic (exact) mass is 296 g/mol. The van der Waals surface area contributed by atoms with Crippen LogP contribution < -0.4 is 34.5 Å². The molecule has 0 unspecified atom stereocenters. The van der Waals surface area contributed by atoms with Gasteiger partial charge in [-0.1, -0.05) is 60.7 Å². The molecule has 0 amide bonds. The fraction of sp³-hybridized carbons (Fsp3) is 0.250. The summed E-state index contributed by atoms with van der Waals surface area (Å²) >= 11 is 0. The molecule has 2 aromatic carbocycles. The quantitative estimate of drug-likeness (QED) is 0.561. The van der Waals surface area contributed by atoms with Gasteiger partial charge in [-0.3, -0.25) is 0 Å². The second kappa shape index (κ2) is 8.81. The number of hydrogen-bond acceptors (Lipinski definition) is 2. The maximum Gasteiger partial charge on any atom is 1.00 e. The van der Waals surface area contributed by atoms with Crippen molar-refractivity contribution >= 4 is 7.37 Å². The van der Waals surface area contributed by atoms with E-state index < -0.39 is 7.37 Å². The summed E-state index contributed by atoms with van der Waals surface area (Å²) in [4.78, 5) is 12.0. The van der Waals surface area contributed by atoms with Gasteiger partial charge in [0, 0.05) is 7.37 Å². The number of hydrogen-bond donors (Lipinski definition) is 0. The zero-order valence-electron chi connectivity index (χ0n) is 11.9. The van der Waals surface area contributed by atoms with Crippen molar-refractivity contribution < 1.29 is 39.0 Å². The Balaban J connectivity index is 0.00000200. The van der Waals surface area contributed by atoms with Crippen molar-refractivity contribution in [3.05, 3.63) is 71.8 Å². The Morgan fingerprint density at radius 1 is 0.750 bits per heavy atom. The molecule has 2 rings (SSSR count). The fourth-order valence-electron chi connectivity index (χ4n) is 2.00. The Kier molecular flexibility index (Phi) is 7.79. The van der Waals surface area contributed by atoms with E-state index >= 15 is 0 Å². The zero-order valence-corrected chi connectivity index (χ0v) is 14.8. The Bertz CT molecular complexity index is 495. The first-order valence-electron chi connectivity index (χ1n) is 6.53. The van der Waals surface area contributed by atoms with Crippen LogP contribution in [0.5, 0.6) is 0 Å². The molecular weight excluding hydrogens is 278 g/mol. The third-order valence-corrected chi connectivity index (χ3v) is 4.98. The van der Waals surface area contributed by atoms with E-state index in [0.29, 0.717) is 12.8 Å². The van der Waals surface area contributed by atoms with Crippen molar-refractivity contribution in [2.75, 3.05) is 12.3 Å². The van der Waals surface area contributed by atoms with Crippen molar-refractivity contribution in [2.45, 2.75) is 12.8 Å². The van der Waals surface area contributed by atoms with Crippen LogP contribution in [0, 0.1) is 0 Å². The molecule has 20 heavy (non-hydrogen) atoms. The van der Waals surface area contributed by atoms with Gasteiger partial charge in [-0.2, -0.15) is 0 Å². The summed E-state index contributed by atoms with van der Waals surface area (Å²) < 4.78 is 12.0. The summed E-state index contributed by atoms with van der Waals surface area (Å²) in [5, 5.41) is 0. The van der Waals surface area contributed by atoms with Gasteiger partial charge in [-0.25, -0.2) is 0 Å². The molecule has 0 saturated carbocycles. The van der Waals surface area contributed by atoms with E-state index in [1.165, 1.54) is 0 Å². The topological polar surface area (TPSA) is 40.1 Å². The molecule has 0 spiro atoms. The summed E-state index contributed by atoms with van der Waals surface area (Å²) in [6, 6.07) is 19.5. The Morgan fingerprint density at radius 3 is 1.45 bits per heavy atom. The molecule has 0 atom stereocenters. The van der Waals surface area contributed by atoms with Gasteiger partial charge in [-0.15, -0.1) is 0 Å². The van der Waals surface area contributed by atoms with Gasteiger partial charge in [-0.05, 0) is 36.3 Å². The van der Waals surface area contributed by atoms with E-state index in [-0.39, 0.29) is 41.9 Å². The first-order valence-corrected chi connectivity index (χ1v) is 8.52. The van der Waals surface area contributed by atoms with Crippen molar-refractivity contribution in [3.63, 3.8) is 0 Å². The second-order valence-electron chi connectivity index (χ2n) is 4.73. The van der Waals surface area contributed by atoms with E-state index in [1.54, 1.807) is 0 Å². The van der Waals surface area contributed by atoms with Gasteiger partial charge in [0.05, 0.1) is 0 Å². The summed E-state index contributed by atoms with van der Waals surface area (Å²) in [7, 11) is -3.27. The van der Waals surface area contributed by atoms with Crippen LogP contribution in [-0.2, 0) is 17.4 Å². The minimum atomic E-state index is -3.27. The Labute approximate surface area is 143 Å². The van der Waals surface area contributed by atoms with Gasteiger partial charge >= 0.3 is 29.6 Å². The molecule has 0 aliphatic rings. The van der Waals surface area contributed by atoms with Gasteiger partial charge < -0.3 is 9.46 Å². The summed E-state index contributed by atoms with van der Waals surface area (Å²) in [6.07, 6.45) is 1.72. The minimum absolute atomic E-state index is 0. The normalized spacial score (nSPS) is 10.8. The van der Waals surface area contributed by atoms with E-state index in [2.05, 4.69) is 0 Å². The standard InChI is InChI=1S/C16H19O2P.Na/c17-19(18,13-11-15-7-3-1-4-8-15)14-12-16-9-5-2-6-10-16;/h1-10H,11-14H2,(H,17,18);/q;+1/p-1. The molecule has 0 aliphatic carbocycles. The SMILES string of the molecule is O=P([O-])(CCc1ccccc1)CCc1ccccc1.[Na+]. The summed E-state index contributed by atoms with van der Waals surface area (Å²) in [5.74, 6) is 0. The van der Waals surface area contributed by atoms with Gasteiger partial charge in [0.15, 0.2) is 0 Å². The second-order valence-corrected chi connectivity index (χ2v) is 7.26. The molecule has 100 valence electrons. The Hall–Kier alpha value is -0.370. The molecular formula is C16H18NaO2P. The van der Waals surface area contributed by atoms with Crippen LogP contribution in [0.3, 0.4) is 0 Å². The number of aryl methyl sites for hydroxylation is 2. The average molecular weight is 296 g/mol. The average Bonchev–Trinajstić information content (AvgIpc) is 2.46. The molecule has 0 fully saturated rings. The molecule has 0 bridgehead atoms. The third kappa shape index (κ3) is 6.39. The molecule has 0 N–H and O–H groups in total. The summed E-state index contributed by atoms with van der Waals surface area (Å²) in [5.41, 5.74) is 2.16. The molecule has 0 saturated heterocycles. The largest absolute Gasteiger partial charge is 1.00 e. The smallest absolute Gasteiger partial charge is 0.799 e. The van der Waals surface area contributed by atoms with E-state index in [9.17, 15) is 9.46 Å². The van der Waals surface area contributed by atoms with Crippen LogP contribution in [0.1, 0.15) is 11.1 Å². The van der Waals surface area contributed by atoms with E-state index in [4.69, 9.17) is 0 Å². The molecule has 0 heterocycles. The van der Waals surface area contributed by atoms with Crippen molar-refractivity contribution in [2.24, 2.45) is 0 Å². The molecule has 2 aromatic rings. The molecule has 0 radical (unpaired) electrons. The van der Waals surface area contributed by atoms with Crippen LogP contribution in [0.25, 0.3) is 0 Å². The van der Waals surface area contributed by atoms with Crippen molar-refractivity contribution in [3.8, 4) is 0 Å². The first kappa shape index (κ1) is 17.7. The van der Waals surface area contributed by atoms with Crippen molar-refractivity contribution in [1.29, 1.82) is 0 Å². The van der Waals surface area contributed by atoms with Crippen LogP contribution in [0.2, 0.25) is 0 Å². The molecule has 0 aromatic heterocycles. The van der Waals surface area contributed by atoms with Crippen molar-refractivity contribution in [1.82, 2.24) is 0 Å². The number of benzene rings is 2. The van der Waals surface area contributed by atoms with Crippen LogP contribution in [-0.4, -0.2) is 12.3 Å². The number of rotatable bonds is 6. The molecule has 2 nitrogen and oxygen atoms in total. The van der Waals surface area contributed by atoms with Gasteiger partial charge in [0.2, 0.25) is 0 Å². The predicted octanol–water partition coefficient (Wildman–Crippen LogP) is 0.114. The van der Waals surface area contributed by atoms with E-state index in [0.717, 1.165) is 11.1 Å². The maximum atomic E-state index is 12.0. The van der Waals surface area contributed by atoms with Crippen LogP contribution in [0.15, 0.2) is 60.7 Å². The fourth-order valence-corrected chi connectivity index (χ4v) is 3.42. The van der Waals surface area contributed by atoms with Gasteiger partial charge in [0.25, 0.3) is 0 Å². The minimum Gasteiger partial charge on any atom is -0.799 e. The molecule has 4 heteroatoms. The van der Waals surface area contributed by atoms with Crippen LogP contribution >= 0.6 is 7.37 Å². The summed E-state index contributed by atoms with van der Waals surface area (Å²) in [6.45, 7) is 0. The maximum absolute atomic E-state index is 12.0. The Morgan fingerprint density at radius 2 is 1.10 bits per heavy atom. The molecule has 0 aliphatic heterocycles. The zero-order chi connectivity index (χ0) is 13.6. The third-order valence-electron chi connectivity index (χ3n) is 3.17. The predicted molar refractivity (Wildman–Crippen MR) is 77.6 cm³/mol.